The van der Waals surface area contributed by atoms with Crippen molar-refractivity contribution >= 4 is 40.6 Å². The molecule has 0 saturated carbocycles. The van der Waals surface area contributed by atoms with Crippen molar-refractivity contribution in [3.63, 3.8) is 0 Å². The fourth-order valence-electron chi connectivity index (χ4n) is 3.83. The highest BCUT2D eigenvalue weighted by Gasteiger charge is 2.31. The van der Waals surface area contributed by atoms with E-state index in [1.54, 1.807) is 24.3 Å². The first-order chi connectivity index (χ1) is 16.1. The number of ketones is 2. The Morgan fingerprint density at radius 1 is 0.788 bits per heavy atom. The van der Waals surface area contributed by atoms with Crippen LogP contribution in [-0.4, -0.2) is 30.2 Å². The number of carbonyl (C=O) groups is 2. The lowest BCUT2D eigenvalue weighted by atomic mass is 9.92. The molecule has 0 amide bonds. The molecule has 0 aromatic heterocycles. The van der Waals surface area contributed by atoms with Gasteiger partial charge in [0.1, 0.15) is 16.5 Å². The summed E-state index contributed by atoms with van der Waals surface area (Å²) in [6.45, 7) is 0.696. The zero-order valence-corrected chi connectivity index (χ0v) is 20.8. The number of ether oxygens (including phenoxy) is 1. The van der Waals surface area contributed by atoms with Crippen molar-refractivity contribution in [3.8, 4) is 5.75 Å². The van der Waals surface area contributed by atoms with Crippen LogP contribution in [0.4, 0.5) is 5.69 Å². The summed E-state index contributed by atoms with van der Waals surface area (Å²) in [6, 6.07) is 14.1. The van der Waals surface area contributed by atoms with Crippen molar-refractivity contribution in [1.29, 1.82) is 0 Å². The topological polar surface area (TPSA) is 55.4 Å². The van der Waals surface area contributed by atoms with Gasteiger partial charge in [0, 0.05) is 16.8 Å². The lowest BCUT2D eigenvalue weighted by Gasteiger charge is -2.19. The van der Waals surface area contributed by atoms with Crippen molar-refractivity contribution in [2.24, 2.45) is 0 Å². The molecule has 0 radical (unpaired) electrons. The molecule has 0 unspecified atom stereocenters. The van der Waals surface area contributed by atoms with E-state index in [1.807, 2.05) is 36.0 Å². The molecule has 0 saturated heterocycles. The monoisotopic (exact) mass is 485 g/mol. The van der Waals surface area contributed by atoms with Gasteiger partial charge >= 0.3 is 0 Å². The summed E-state index contributed by atoms with van der Waals surface area (Å²) in [5.74, 6) is 1.44. The number of thioether (sulfide) groups is 1. The summed E-state index contributed by atoms with van der Waals surface area (Å²) < 4.78 is 5.84. The normalized spacial score (nSPS) is 13.3. The van der Waals surface area contributed by atoms with Crippen molar-refractivity contribution < 1.29 is 14.3 Å². The Morgan fingerprint density at radius 2 is 1.36 bits per heavy atom. The van der Waals surface area contributed by atoms with E-state index in [1.165, 1.54) is 50.7 Å². The van der Waals surface area contributed by atoms with Gasteiger partial charge in [0.15, 0.2) is 0 Å². The molecule has 0 atom stereocenters. The number of anilines is 1. The van der Waals surface area contributed by atoms with Crippen molar-refractivity contribution in [3.05, 3.63) is 70.4 Å². The maximum atomic E-state index is 12.8. The number of Topliss-reactive ketones (excluding diaryl/α,β-unsaturated/α-hetero) is 2. The molecule has 1 N–H and O–H groups in total. The van der Waals surface area contributed by atoms with Crippen LogP contribution in [0.3, 0.4) is 0 Å². The minimum absolute atomic E-state index is 0.0843. The summed E-state index contributed by atoms with van der Waals surface area (Å²) >= 11 is 8.15. The van der Waals surface area contributed by atoms with Crippen molar-refractivity contribution in [1.82, 2.24) is 0 Å². The number of allylic oxidation sites excluding steroid dienone is 2. The van der Waals surface area contributed by atoms with Crippen LogP contribution in [0.2, 0.25) is 0 Å². The lowest BCUT2D eigenvalue weighted by Crippen LogP contribution is -2.24. The molecule has 1 aliphatic carbocycles. The Morgan fingerprint density at radius 3 is 2.00 bits per heavy atom. The fraction of sp³-hybridized carbons (Fsp3) is 0.407. The van der Waals surface area contributed by atoms with Gasteiger partial charge in [-0.05, 0) is 49.1 Å². The lowest BCUT2D eigenvalue weighted by molar-refractivity contribution is 0.0982. The molecule has 4 nitrogen and oxygen atoms in total. The van der Waals surface area contributed by atoms with Gasteiger partial charge in [0.2, 0.25) is 11.6 Å². The first-order valence-corrected chi connectivity index (χ1v) is 13.5. The SMILES string of the molecule is CSCCCCCCCCCCOc1ccc(NC2=C(Cl)C(=O)c3ccccc3C2=O)cc1. The average molecular weight is 486 g/mol. The van der Waals surface area contributed by atoms with Crippen molar-refractivity contribution in [2.75, 3.05) is 23.9 Å². The smallest absolute Gasteiger partial charge is 0.211 e. The standard InChI is InChI=1S/C27H32ClNO3S/c1-33-19-11-7-5-3-2-4-6-10-18-32-21-16-14-20(15-17-21)29-25-24(28)26(30)22-12-8-9-13-23(22)27(25)31/h8-9,12-17,29H,2-7,10-11,18-19H2,1H3. The molecule has 2 aromatic carbocycles. The molecule has 3 rings (SSSR count). The van der Waals surface area contributed by atoms with Gasteiger partial charge in [0.05, 0.1) is 6.61 Å². The molecule has 0 spiro atoms. The molecule has 33 heavy (non-hydrogen) atoms. The van der Waals surface area contributed by atoms with Gasteiger partial charge in [-0.1, -0.05) is 74.4 Å². The van der Waals surface area contributed by atoms with Crippen LogP contribution in [0.5, 0.6) is 5.75 Å². The van der Waals surface area contributed by atoms with E-state index in [0.29, 0.717) is 23.4 Å². The second-order valence-corrected chi connectivity index (χ2v) is 9.58. The van der Waals surface area contributed by atoms with E-state index in [2.05, 4.69) is 11.6 Å². The molecular weight excluding hydrogens is 454 g/mol. The highest BCUT2D eigenvalue weighted by atomic mass is 35.5. The van der Waals surface area contributed by atoms with E-state index in [9.17, 15) is 9.59 Å². The second-order valence-electron chi connectivity index (χ2n) is 8.21. The quantitative estimate of drug-likeness (QED) is 0.281. The van der Waals surface area contributed by atoms with Crippen LogP contribution in [0.1, 0.15) is 72.1 Å². The average Bonchev–Trinajstić information content (AvgIpc) is 2.84. The molecule has 0 heterocycles. The maximum absolute atomic E-state index is 12.8. The zero-order valence-electron chi connectivity index (χ0n) is 19.2. The third kappa shape index (κ3) is 7.38. The number of rotatable bonds is 14. The third-order valence-corrected chi connectivity index (χ3v) is 6.75. The maximum Gasteiger partial charge on any atom is 0.211 e. The Bertz CT molecular complexity index is 972. The summed E-state index contributed by atoms with van der Waals surface area (Å²) in [5.41, 5.74) is 1.49. The molecule has 176 valence electrons. The van der Waals surface area contributed by atoms with Crippen LogP contribution >= 0.6 is 23.4 Å². The van der Waals surface area contributed by atoms with E-state index in [0.717, 1.165) is 12.2 Å². The van der Waals surface area contributed by atoms with E-state index < -0.39 is 0 Å². The number of hydrogen-bond acceptors (Lipinski definition) is 5. The molecular formula is C27H32ClNO3S. The number of unbranched alkanes of at least 4 members (excludes halogenated alkanes) is 7. The Balaban J connectivity index is 1.39. The molecule has 2 aromatic rings. The summed E-state index contributed by atoms with van der Waals surface area (Å²) in [4.78, 5) is 25.3. The first-order valence-electron chi connectivity index (χ1n) is 11.7. The van der Waals surface area contributed by atoms with E-state index in [4.69, 9.17) is 16.3 Å². The van der Waals surface area contributed by atoms with Crippen LogP contribution in [0, 0.1) is 0 Å². The number of hydrogen-bond donors (Lipinski definition) is 1. The van der Waals surface area contributed by atoms with Crippen LogP contribution in [0.25, 0.3) is 0 Å². The molecule has 0 bridgehead atoms. The Kier molecular flexibility index (Phi) is 10.4. The molecule has 0 aliphatic heterocycles. The zero-order chi connectivity index (χ0) is 23.5. The number of benzene rings is 2. The van der Waals surface area contributed by atoms with Gasteiger partial charge in [-0.2, -0.15) is 11.8 Å². The Hall–Kier alpha value is -2.24. The van der Waals surface area contributed by atoms with E-state index >= 15 is 0 Å². The largest absolute Gasteiger partial charge is 0.494 e. The number of fused-ring (bicyclic) bond motifs is 1. The van der Waals surface area contributed by atoms with Gasteiger partial charge in [-0.3, -0.25) is 9.59 Å². The molecule has 6 heteroatoms. The first kappa shape index (κ1) is 25.4. The van der Waals surface area contributed by atoms with Crippen LogP contribution in [0.15, 0.2) is 59.3 Å². The van der Waals surface area contributed by atoms with Gasteiger partial charge in [0.25, 0.3) is 0 Å². The summed E-state index contributed by atoms with van der Waals surface area (Å²) in [5, 5.41) is 2.93. The Labute approximate surface area is 206 Å². The predicted octanol–water partition coefficient (Wildman–Crippen LogP) is 7.49. The highest BCUT2D eigenvalue weighted by Crippen LogP contribution is 2.29. The highest BCUT2D eigenvalue weighted by molar-refractivity contribution is 7.98. The number of nitrogens with one attached hydrogen (secondary N) is 1. The molecule has 1 aliphatic rings. The summed E-state index contributed by atoms with van der Waals surface area (Å²) in [6.07, 6.45) is 12.4. The minimum Gasteiger partial charge on any atom is -0.494 e. The van der Waals surface area contributed by atoms with Gasteiger partial charge in [-0.25, -0.2) is 0 Å². The second kappa shape index (κ2) is 13.5. The number of halogens is 1. The van der Waals surface area contributed by atoms with E-state index in [-0.39, 0.29) is 22.3 Å². The van der Waals surface area contributed by atoms with Gasteiger partial charge in [-0.15, -0.1) is 0 Å². The van der Waals surface area contributed by atoms with Gasteiger partial charge < -0.3 is 10.1 Å². The number of carbonyl (C=O) groups excluding carboxylic acids is 2. The summed E-state index contributed by atoms with van der Waals surface area (Å²) in [7, 11) is 0. The third-order valence-electron chi connectivity index (χ3n) is 5.70. The minimum atomic E-state index is -0.343. The van der Waals surface area contributed by atoms with Crippen LogP contribution in [-0.2, 0) is 0 Å². The molecule has 0 fully saturated rings. The van der Waals surface area contributed by atoms with Crippen LogP contribution < -0.4 is 10.1 Å². The predicted molar refractivity (Wildman–Crippen MR) is 139 cm³/mol. The van der Waals surface area contributed by atoms with Crippen molar-refractivity contribution in [2.45, 2.75) is 51.4 Å². The fourth-order valence-corrected chi connectivity index (χ4v) is 4.56.